The molecule has 0 radical (unpaired) electrons. The highest BCUT2D eigenvalue weighted by molar-refractivity contribution is 6.35. The lowest BCUT2D eigenvalue weighted by atomic mass is 10.1. The number of hydrogen-bond donors (Lipinski definition) is 0. The van der Waals surface area contributed by atoms with Crippen LogP contribution >= 0.6 is 11.6 Å². The molecule has 0 fully saturated rings. The molecule has 14 heavy (non-hydrogen) atoms. The molecule has 0 saturated heterocycles. The number of aryl methyl sites for hydroxylation is 3. The first-order valence-electron chi connectivity index (χ1n) is 4.62. The Bertz CT molecular complexity index is 503. The van der Waals surface area contributed by atoms with Crippen LogP contribution in [0.15, 0.2) is 18.2 Å². The number of fused-ring (bicyclic) bond motifs is 1. The van der Waals surface area contributed by atoms with Crippen molar-refractivity contribution in [2.45, 2.75) is 20.8 Å². The molecular formula is C12H12ClN. The van der Waals surface area contributed by atoms with Crippen LogP contribution < -0.4 is 0 Å². The third-order valence-corrected chi connectivity index (χ3v) is 2.75. The first kappa shape index (κ1) is 9.47. The molecule has 0 bridgehead atoms. The van der Waals surface area contributed by atoms with Gasteiger partial charge in [0.2, 0.25) is 0 Å². The highest BCUT2D eigenvalue weighted by Gasteiger charge is 2.06. The highest BCUT2D eigenvalue weighted by atomic mass is 35.5. The summed E-state index contributed by atoms with van der Waals surface area (Å²) in [7, 11) is 0. The van der Waals surface area contributed by atoms with Crippen molar-refractivity contribution < 1.29 is 0 Å². The number of rotatable bonds is 0. The van der Waals surface area contributed by atoms with Gasteiger partial charge in [0, 0.05) is 11.1 Å². The van der Waals surface area contributed by atoms with E-state index < -0.39 is 0 Å². The Labute approximate surface area is 88.7 Å². The molecule has 2 rings (SSSR count). The van der Waals surface area contributed by atoms with E-state index in [1.165, 1.54) is 11.1 Å². The van der Waals surface area contributed by atoms with Crippen molar-refractivity contribution >= 4 is 22.5 Å². The molecule has 2 aromatic rings. The lowest BCUT2D eigenvalue weighted by Gasteiger charge is -2.07. The smallest absolute Gasteiger partial charge is 0.0751 e. The van der Waals surface area contributed by atoms with Crippen molar-refractivity contribution in [2.75, 3.05) is 0 Å². The van der Waals surface area contributed by atoms with Gasteiger partial charge in [-0.2, -0.15) is 0 Å². The van der Waals surface area contributed by atoms with Crippen LogP contribution in [0.3, 0.4) is 0 Å². The van der Waals surface area contributed by atoms with Gasteiger partial charge < -0.3 is 0 Å². The van der Waals surface area contributed by atoms with Gasteiger partial charge in [-0.05, 0) is 38.0 Å². The maximum absolute atomic E-state index is 6.20. The average molecular weight is 206 g/mol. The molecule has 0 atom stereocenters. The lowest BCUT2D eigenvalue weighted by Crippen LogP contribution is -1.90. The van der Waals surface area contributed by atoms with Gasteiger partial charge in [0.05, 0.1) is 10.5 Å². The second-order valence-corrected chi connectivity index (χ2v) is 4.08. The zero-order valence-corrected chi connectivity index (χ0v) is 9.31. The molecule has 0 N–H and O–H groups in total. The molecular weight excluding hydrogens is 194 g/mol. The minimum atomic E-state index is 0.800. The van der Waals surface area contributed by atoms with Gasteiger partial charge in [0.1, 0.15) is 0 Å². The Morgan fingerprint density at radius 3 is 2.43 bits per heavy atom. The van der Waals surface area contributed by atoms with Crippen LogP contribution in [0.5, 0.6) is 0 Å². The van der Waals surface area contributed by atoms with Gasteiger partial charge in [-0.1, -0.05) is 23.7 Å². The third kappa shape index (κ3) is 1.38. The third-order valence-electron chi connectivity index (χ3n) is 2.45. The predicted molar refractivity (Wildman–Crippen MR) is 61.0 cm³/mol. The van der Waals surface area contributed by atoms with Crippen LogP contribution in [-0.4, -0.2) is 4.98 Å². The van der Waals surface area contributed by atoms with Gasteiger partial charge in [0.15, 0.2) is 0 Å². The van der Waals surface area contributed by atoms with E-state index in [1.807, 2.05) is 13.0 Å². The highest BCUT2D eigenvalue weighted by Crippen LogP contribution is 2.28. The van der Waals surface area contributed by atoms with E-state index in [4.69, 9.17) is 11.6 Å². The molecule has 0 unspecified atom stereocenters. The standard InChI is InChI=1S/C12H12ClN/c1-7-4-5-8(2)12-11(7)10(13)6-9(3)14-12/h4-6H,1-3H3. The summed E-state index contributed by atoms with van der Waals surface area (Å²) >= 11 is 6.20. The molecule has 0 saturated carbocycles. The molecule has 1 nitrogen and oxygen atoms in total. The van der Waals surface area contributed by atoms with Gasteiger partial charge in [-0.15, -0.1) is 0 Å². The molecule has 0 amide bonds. The molecule has 72 valence electrons. The summed E-state index contributed by atoms with van der Waals surface area (Å²) in [6.07, 6.45) is 0. The summed E-state index contributed by atoms with van der Waals surface area (Å²) in [4.78, 5) is 4.51. The number of benzene rings is 1. The predicted octanol–water partition coefficient (Wildman–Crippen LogP) is 3.81. The summed E-state index contributed by atoms with van der Waals surface area (Å²) in [6.45, 7) is 6.09. The molecule has 0 aliphatic heterocycles. The number of pyridine rings is 1. The average Bonchev–Trinajstić information content (AvgIpc) is 2.10. The summed E-state index contributed by atoms with van der Waals surface area (Å²) in [6, 6.07) is 6.08. The Balaban J connectivity index is 3.00. The van der Waals surface area contributed by atoms with E-state index in [1.54, 1.807) is 0 Å². The van der Waals surface area contributed by atoms with Gasteiger partial charge in [0.25, 0.3) is 0 Å². The largest absolute Gasteiger partial charge is 0.253 e. The van der Waals surface area contributed by atoms with Gasteiger partial charge in [-0.25, -0.2) is 0 Å². The Kier molecular flexibility index (Phi) is 2.20. The number of nitrogens with zero attached hydrogens (tertiary/aromatic N) is 1. The van der Waals surface area contributed by atoms with Crippen LogP contribution in [-0.2, 0) is 0 Å². The van der Waals surface area contributed by atoms with Crippen LogP contribution in [0.1, 0.15) is 16.8 Å². The Morgan fingerprint density at radius 2 is 1.71 bits per heavy atom. The maximum Gasteiger partial charge on any atom is 0.0751 e. The van der Waals surface area contributed by atoms with Gasteiger partial charge in [-0.3, -0.25) is 4.98 Å². The van der Waals surface area contributed by atoms with Gasteiger partial charge >= 0.3 is 0 Å². The van der Waals surface area contributed by atoms with Crippen molar-refractivity contribution in [1.29, 1.82) is 0 Å². The monoisotopic (exact) mass is 205 g/mol. The van der Waals surface area contributed by atoms with Crippen molar-refractivity contribution in [3.05, 3.63) is 40.0 Å². The Morgan fingerprint density at radius 1 is 1.07 bits per heavy atom. The topological polar surface area (TPSA) is 12.9 Å². The van der Waals surface area contributed by atoms with E-state index in [-0.39, 0.29) is 0 Å². The molecule has 0 spiro atoms. The number of hydrogen-bond acceptors (Lipinski definition) is 1. The summed E-state index contributed by atoms with van der Waals surface area (Å²) < 4.78 is 0. The van der Waals surface area contributed by atoms with E-state index in [9.17, 15) is 0 Å². The van der Waals surface area contributed by atoms with Crippen molar-refractivity contribution in [2.24, 2.45) is 0 Å². The Hall–Kier alpha value is -1.08. The zero-order chi connectivity index (χ0) is 10.3. The molecule has 2 heteroatoms. The van der Waals surface area contributed by atoms with Crippen molar-refractivity contribution in [3.8, 4) is 0 Å². The molecule has 1 heterocycles. The summed E-state index contributed by atoms with van der Waals surface area (Å²) in [5.74, 6) is 0. The molecule has 0 aliphatic carbocycles. The second kappa shape index (κ2) is 3.25. The fraction of sp³-hybridized carbons (Fsp3) is 0.250. The van der Waals surface area contributed by atoms with Crippen LogP contribution in [0, 0.1) is 20.8 Å². The first-order chi connectivity index (χ1) is 6.59. The second-order valence-electron chi connectivity index (χ2n) is 3.67. The van der Waals surface area contributed by atoms with E-state index in [0.717, 1.165) is 21.6 Å². The van der Waals surface area contributed by atoms with E-state index >= 15 is 0 Å². The minimum Gasteiger partial charge on any atom is -0.253 e. The molecule has 1 aromatic heterocycles. The minimum absolute atomic E-state index is 0.800. The molecule has 1 aromatic carbocycles. The van der Waals surface area contributed by atoms with Crippen molar-refractivity contribution in [3.63, 3.8) is 0 Å². The van der Waals surface area contributed by atoms with Crippen LogP contribution in [0.25, 0.3) is 10.9 Å². The maximum atomic E-state index is 6.20. The first-order valence-corrected chi connectivity index (χ1v) is 5.00. The number of aromatic nitrogens is 1. The summed E-state index contributed by atoms with van der Waals surface area (Å²) in [5.41, 5.74) is 4.35. The number of halogens is 1. The van der Waals surface area contributed by atoms with E-state index in [2.05, 4.69) is 31.0 Å². The van der Waals surface area contributed by atoms with Crippen molar-refractivity contribution in [1.82, 2.24) is 4.98 Å². The zero-order valence-electron chi connectivity index (χ0n) is 8.56. The summed E-state index contributed by atoms with van der Waals surface area (Å²) in [5, 5.41) is 1.88. The van der Waals surface area contributed by atoms with Crippen LogP contribution in [0.2, 0.25) is 5.02 Å². The quantitative estimate of drug-likeness (QED) is 0.637. The van der Waals surface area contributed by atoms with E-state index in [0.29, 0.717) is 0 Å². The lowest BCUT2D eigenvalue weighted by molar-refractivity contribution is 1.23. The molecule has 0 aliphatic rings. The normalized spacial score (nSPS) is 10.9. The fourth-order valence-electron chi connectivity index (χ4n) is 1.71. The fourth-order valence-corrected chi connectivity index (χ4v) is 2.10. The SMILES string of the molecule is Cc1cc(Cl)c2c(C)ccc(C)c2n1. The van der Waals surface area contributed by atoms with Crippen LogP contribution in [0.4, 0.5) is 0 Å².